The molecule has 0 rings (SSSR count). The maximum Gasteiger partial charge on any atom is 0.320 e. The van der Waals surface area contributed by atoms with Gasteiger partial charge in [0.05, 0.1) is 20.3 Å². The monoisotopic (exact) mass is 274 g/mol. The van der Waals surface area contributed by atoms with Crippen LogP contribution >= 0.6 is 0 Å². The largest absolute Gasteiger partial charge is 0.469 e. The second-order valence-corrected chi connectivity index (χ2v) is 3.93. The molecule has 0 bridgehead atoms. The highest BCUT2D eigenvalue weighted by atomic mass is 16.6. The zero-order valence-corrected chi connectivity index (χ0v) is 11.9. The fourth-order valence-corrected chi connectivity index (χ4v) is 1.74. The Kier molecular flexibility index (Phi) is 8.57. The average molecular weight is 274 g/mol. The smallest absolute Gasteiger partial charge is 0.320 e. The summed E-state index contributed by atoms with van der Waals surface area (Å²) >= 11 is 0. The average Bonchev–Trinajstić information content (AvgIpc) is 2.38. The third kappa shape index (κ3) is 5.72. The first kappa shape index (κ1) is 17.4. The Morgan fingerprint density at radius 2 is 1.42 bits per heavy atom. The highest BCUT2D eigenvalue weighted by Crippen LogP contribution is 2.23. The van der Waals surface area contributed by atoms with Gasteiger partial charge in [-0.15, -0.1) is 0 Å². The third-order valence-corrected chi connectivity index (χ3v) is 2.73. The zero-order valence-electron chi connectivity index (χ0n) is 11.9. The summed E-state index contributed by atoms with van der Waals surface area (Å²) in [6.45, 7) is 5.44. The van der Waals surface area contributed by atoms with Crippen molar-refractivity contribution in [3.63, 3.8) is 0 Å². The van der Waals surface area contributed by atoms with Crippen LogP contribution in [0.5, 0.6) is 0 Å². The summed E-state index contributed by atoms with van der Waals surface area (Å²) in [5, 5.41) is 0. The fourth-order valence-electron chi connectivity index (χ4n) is 1.74. The summed E-state index contributed by atoms with van der Waals surface area (Å²) in [5.74, 6) is -3.34. The minimum Gasteiger partial charge on any atom is -0.469 e. The fraction of sp³-hybridized carbons (Fsp3) is 0.769. The van der Waals surface area contributed by atoms with Crippen molar-refractivity contribution in [1.82, 2.24) is 0 Å². The van der Waals surface area contributed by atoms with Gasteiger partial charge < -0.3 is 14.2 Å². The molecule has 6 heteroatoms. The molecule has 0 aliphatic heterocycles. The van der Waals surface area contributed by atoms with Crippen LogP contribution < -0.4 is 0 Å². The van der Waals surface area contributed by atoms with Gasteiger partial charge in [0.2, 0.25) is 0 Å². The molecule has 0 aromatic carbocycles. The molecular weight excluding hydrogens is 252 g/mol. The molecule has 0 aromatic heterocycles. The number of ether oxygens (including phenoxy) is 3. The van der Waals surface area contributed by atoms with Crippen LogP contribution in [-0.4, -0.2) is 38.2 Å². The number of hydrogen-bond donors (Lipinski definition) is 0. The topological polar surface area (TPSA) is 78.9 Å². The van der Waals surface area contributed by atoms with E-state index in [4.69, 9.17) is 9.47 Å². The predicted octanol–water partition coefficient (Wildman–Crippen LogP) is 1.32. The number of carbonyl (C=O) groups is 3. The summed E-state index contributed by atoms with van der Waals surface area (Å²) < 4.78 is 14.3. The minimum atomic E-state index is -1.08. The zero-order chi connectivity index (χ0) is 14.8. The summed E-state index contributed by atoms with van der Waals surface area (Å²) in [6.07, 6.45) is 0.451. The lowest BCUT2D eigenvalue weighted by atomic mass is 9.87. The predicted molar refractivity (Wildman–Crippen MR) is 67.2 cm³/mol. The molecule has 0 aromatic rings. The lowest BCUT2D eigenvalue weighted by Gasteiger charge is -2.22. The molecule has 0 aliphatic rings. The molecule has 6 nitrogen and oxygen atoms in total. The van der Waals surface area contributed by atoms with Gasteiger partial charge in [-0.25, -0.2) is 0 Å². The number of hydrogen-bond acceptors (Lipinski definition) is 6. The van der Waals surface area contributed by atoms with E-state index in [1.54, 1.807) is 20.8 Å². The van der Waals surface area contributed by atoms with Gasteiger partial charge in [0.1, 0.15) is 0 Å². The van der Waals surface area contributed by atoms with Crippen LogP contribution in [0.1, 0.15) is 33.6 Å². The quantitative estimate of drug-likeness (QED) is 0.377. The van der Waals surface area contributed by atoms with Crippen LogP contribution in [0.2, 0.25) is 0 Å². The molecule has 0 N–H and O–H groups in total. The van der Waals surface area contributed by atoms with E-state index < -0.39 is 29.7 Å². The van der Waals surface area contributed by atoms with Gasteiger partial charge in [0, 0.05) is 6.42 Å². The molecule has 0 saturated carbocycles. The van der Waals surface area contributed by atoms with Gasteiger partial charge in [-0.3, -0.25) is 14.4 Å². The van der Waals surface area contributed by atoms with Crippen LogP contribution in [0.4, 0.5) is 0 Å². The van der Waals surface area contributed by atoms with Crippen molar-refractivity contribution >= 4 is 17.9 Å². The van der Waals surface area contributed by atoms with Crippen molar-refractivity contribution in [2.75, 3.05) is 20.3 Å². The summed E-state index contributed by atoms with van der Waals surface area (Å²) in [4.78, 5) is 35.0. The first-order valence-corrected chi connectivity index (χ1v) is 6.41. The highest BCUT2D eigenvalue weighted by Gasteiger charge is 2.37. The van der Waals surface area contributed by atoms with Crippen LogP contribution in [0.3, 0.4) is 0 Å². The standard InChI is InChI=1S/C13H22O6/c1-5-9(8-10(14)17-4)11(12(15)18-6-2)13(16)19-7-3/h9,11H,5-8H2,1-4H3/t9-/m1/s1. The van der Waals surface area contributed by atoms with E-state index in [9.17, 15) is 14.4 Å². The van der Waals surface area contributed by atoms with E-state index in [0.29, 0.717) is 6.42 Å². The maximum atomic E-state index is 11.9. The van der Waals surface area contributed by atoms with Crippen molar-refractivity contribution in [2.45, 2.75) is 33.6 Å². The van der Waals surface area contributed by atoms with Crippen LogP contribution in [0.25, 0.3) is 0 Å². The first-order chi connectivity index (χ1) is 9.01. The van der Waals surface area contributed by atoms with Crippen molar-refractivity contribution < 1.29 is 28.6 Å². The molecule has 0 fully saturated rings. The minimum absolute atomic E-state index is 0.0186. The van der Waals surface area contributed by atoms with Gasteiger partial charge in [0.25, 0.3) is 0 Å². The Hall–Kier alpha value is -1.59. The normalized spacial score (nSPS) is 11.8. The van der Waals surface area contributed by atoms with E-state index in [1.807, 2.05) is 0 Å². The van der Waals surface area contributed by atoms with Gasteiger partial charge >= 0.3 is 17.9 Å². The Labute approximate surface area is 113 Å². The number of methoxy groups -OCH3 is 1. The summed E-state index contributed by atoms with van der Waals surface area (Å²) in [6, 6.07) is 0. The molecule has 0 heterocycles. The first-order valence-electron chi connectivity index (χ1n) is 6.41. The molecule has 0 aliphatic carbocycles. The van der Waals surface area contributed by atoms with Gasteiger partial charge in [-0.05, 0) is 19.8 Å². The van der Waals surface area contributed by atoms with Crippen LogP contribution in [0, 0.1) is 11.8 Å². The molecule has 110 valence electrons. The number of rotatable bonds is 8. The van der Waals surface area contributed by atoms with Crippen LogP contribution in [-0.2, 0) is 28.6 Å². The summed E-state index contributed by atoms with van der Waals surface area (Å²) in [7, 11) is 1.26. The van der Waals surface area contributed by atoms with Crippen molar-refractivity contribution in [3.8, 4) is 0 Å². The number of esters is 3. The molecule has 0 amide bonds. The van der Waals surface area contributed by atoms with E-state index in [0.717, 1.165) is 0 Å². The van der Waals surface area contributed by atoms with E-state index in [-0.39, 0.29) is 19.6 Å². The second kappa shape index (κ2) is 9.35. The van der Waals surface area contributed by atoms with Crippen molar-refractivity contribution in [3.05, 3.63) is 0 Å². The van der Waals surface area contributed by atoms with Gasteiger partial charge in [-0.1, -0.05) is 13.3 Å². The molecule has 0 unspecified atom stereocenters. The Morgan fingerprint density at radius 3 is 1.74 bits per heavy atom. The third-order valence-electron chi connectivity index (χ3n) is 2.73. The number of carbonyl (C=O) groups excluding carboxylic acids is 3. The van der Waals surface area contributed by atoms with Gasteiger partial charge in [0.15, 0.2) is 5.92 Å². The molecule has 19 heavy (non-hydrogen) atoms. The van der Waals surface area contributed by atoms with E-state index >= 15 is 0 Å². The molecule has 0 saturated heterocycles. The second-order valence-electron chi connectivity index (χ2n) is 3.93. The van der Waals surface area contributed by atoms with E-state index in [1.165, 1.54) is 7.11 Å². The van der Waals surface area contributed by atoms with Crippen LogP contribution in [0.15, 0.2) is 0 Å². The Bertz CT molecular complexity index is 294. The van der Waals surface area contributed by atoms with E-state index in [2.05, 4.69) is 4.74 Å². The lowest BCUT2D eigenvalue weighted by molar-refractivity contribution is -0.165. The summed E-state index contributed by atoms with van der Waals surface area (Å²) in [5.41, 5.74) is 0. The molecular formula is C13H22O6. The Balaban J connectivity index is 5.00. The molecule has 0 spiro atoms. The van der Waals surface area contributed by atoms with Crippen molar-refractivity contribution in [2.24, 2.45) is 11.8 Å². The Morgan fingerprint density at radius 1 is 0.947 bits per heavy atom. The molecule has 1 atom stereocenters. The highest BCUT2D eigenvalue weighted by molar-refractivity contribution is 5.95. The SMILES string of the molecule is CCOC(=O)C(C(=O)OCC)[C@H](CC)CC(=O)OC. The lowest BCUT2D eigenvalue weighted by Crippen LogP contribution is -2.35. The molecule has 0 radical (unpaired) electrons. The maximum absolute atomic E-state index is 11.9. The van der Waals surface area contributed by atoms with Gasteiger partial charge in [-0.2, -0.15) is 0 Å². The van der Waals surface area contributed by atoms with Crippen molar-refractivity contribution in [1.29, 1.82) is 0 Å².